The third-order valence-corrected chi connectivity index (χ3v) is 8.03. The molecular formula is C33H34N2O5S. The van der Waals surface area contributed by atoms with Gasteiger partial charge in [0.25, 0.3) is 5.91 Å². The Labute approximate surface area is 244 Å². The van der Waals surface area contributed by atoms with Crippen LogP contribution in [-0.2, 0) is 22.6 Å². The van der Waals surface area contributed by atoms with Crippen LogP contribution in [0.2, 0.25) is 0 Å². The Bertz CT molecular complexity index is 1420. The largest absolute Gasteiger partial charge is 0.396 e. The molecule has 7 nitrogen and oxygen atoms in total. The summed E-state index contributed by atoms with van der Waals surface area (Å²) in [6.45, 7) is 0.542. The van der Waals surface area contributed by atoms with E-state index < -0.39 is 6.29 Å². The first-order valence-electron chi connectivity index (χ1n) is 13.7. The number of carbonyl (C=O) groups is 1. The van der Waals surface area contributed by atoms with Crippen LogP contribution in [0.4, 0.5) is 0 Å². The van der Waals surface area contributed by atoms with Crippen molar-refractivity contribution in [3.05, 3.63) is 125 Å². The number of pyridine rings is 1. The fraction of sp³-hybridized carbons (Fsp3) is 0.273. The van der Waals surface area contributed by atoms with Crippen molar-refractivity contribution < 1.29 is 24.5 Å². The molecule has 1 aliphatic heterocycles. The third kappa shape index (κ3) is 7.81. The summed E-state index contributed by atoms with van der Waals surface area (Å²) < 4.78 is 12.9. The molecule has 1 amide bonds. The number of hydrogen-bond donors (Lipinski definition) is 3. The summed E-state index contributed by atoms with van der Waals surface area (Å²) in [7, 11) is 0. The number of carbonyl (C=O) groups excluding carboxylic acids is 1. The lowest BCUT2D eigenvalue weighted by Crippen LogP contribution is -2.31. The smallest absolute Gasteiger partial charge is 0.253 e. The van der Waals surface area contributed by atoms with Crippen molar-refractivity contribution in [1.82, 2.24) is 10.3 Å². The van der Waals surface area contributed by atoms with Crippen molar-refractivity contribution in [3.8, 4) is 11.1 Å². The van der Waals surface area contributed by atoms with Crippen LogP contribution in [0.3, 0.4) is 0 Å². The van der Waals surface area contributed by atoms with Crippen molar-refractivity contribution >= 4 is 17.7 Å². The van der Waals surface area contributed by atoms with Gasteiger partial charge in [0.15, 0.2) is 6.29 Å². The minimum atomic E-state index is -0.548. The van der Waals surface area contributed by atoms with Gasteiger partial charge in [0.05, 0.1) is 31.0 Å². The summed E-state index contributed by atoms with van der Waals surface area (Å²) in [5, 5.41) is 21.6. The Hall–Kier alpha value is -3.53. The number of benzene rings is 3. The second kappa shape index (κ2) is 14.4. The van der Waals surface area contributed by atoms with Gasteiger partial charge in [-0.25, -0.2) is 0 Å². The maximum atomic E-state index is 12.5. The van der Waals surface area contributed by atoms with E-state index in [4.69, 9.17) is 9.47 Å². The van der Waals surface area contributed by atoms with Crippen LogP contribution >= 0.6 is 11.8 Å². The number of hydrogen-bond acceptors (Lipinski definition) is 7. The summed E-state index contributed by atoms with van der Waals surface area (Å²) in [5.41, 5.74) is 6.40. The summed E-state index contributed by atoms with van der Waals surface area (Å²) in [6.07, 6.45) is 3.16. The highest BCUT2D eigenvalue weighted by atomic mass is 32.2. The predicted octanol–water partition coefficient (Wildman–Crippen LogP) is 5.44. The van der Waals surface area contributed by atoms with E-state index in [2.05, 4.69) is 28.5 Å². The number of thioether (sulfide) groups is 1. The molecule has 0 saturated carbocycles. The van der Waals surface area contributed by atoms with Gasteiger partial charge in [-0.2, -0.15) is 11.8 Å². The van der Waals surface area contributed by atoms with Gasteiger partial charge in [0.2, 0.25) is 0 Å². The number of nitrogens with one attached hydrogen (secondary N) is 1. The molecule has 3 aromatic carbocycles. The first-order chi connectivity index (χ1) is 20.1. The molecule has 0 bridgehead atoms. The molecule has 1 aliphatic rings. The van der Waals surface area contributed by atoms with Gasteiger partial charge in [-0.15, -0.1) is 0 Å². The topological polar surface area (TPSA) is 101 Å². The molecule has 2 heterocycles. The number of aliphatic hydroxyl groups is 2. The van der Waals surface area contributed by atoms with Crippen LogP contribution in [0.15, 0.2) is 97.3 Å². The normalized spacial score (nSPS) is 18.6. The number of ether oxygens (including phenoxy) is 2. The minimum Gasteiger partial charge on any atom is -0.396 e. The Morgan fingerprint density at radius 1 is 0.902 bits per heavy atom. The van der Waals surface area contributed by atoms with E-state index in [9.17, 15) is 15.0 Å². The molecule has 0 radical (unpaired) electrons. The molecule has 1 saturated heterocycles. The van der Waals surface area contributed by atoms with Crippen molar-refractivity contribution in [3.63, 3.8) is 0 Å². The summed E-state index contributed by atoms with van der Waals surface area (Å²) in [6, 6.07) is 27.6. The van der Waals surface area contributed by atoms with Crippen molar-refractivity contribution in [2.45, 2.75) is 38.1 Å². The fourth-order valence-corrected chi connectivity index (χ4v) is 5.58. The summed E-state index contributed by atoms with van der Waals surface area (Å²) in [5.74, 6) is 1.26. The second-order valence-electron chi connectivity index (χ2n) is 9.90. The molecule has 41 heavy (non-hydrogen) atoms. The van der Waals surface area contributed by atoms with Crippen molar-refractivity contribution in [2.24, 2.45) is 0 Å². The first-order valence-corrected chi connectivity index (χ1v) is 14.8. The van der Waals surface area contributed by atoms with Gasteiger partial charge in [-0.05, 0) is 52.1 Å². The quantitative estimate of drug-likeness (QED) is 0.206. The average Bonchev–Trinajstić information content (AvgIpc) is 3.04. The van der Waals surface area contributed by atoms with E-state index >= 15 is 0 Å². The highest BCUT2D eigenvalue weighted by molar-refractivity contribution is 7.99. The van der Waals surface area contributed by atoms with E-state index in [1.807, 2.05) is 54.6 Å². The number of aromatic nitrogens is 1. The van der Waals surface area contributed by atoms with Gasteiger partial charge in [0, 0.05) is 42.4 Å². The Morgan fingerprint density at radius 2 is 1.71 bits per heavy atom. The van der Waals surface area contributed by atoms with Crippen LogP contribution in [0.1, 0.15) is 51.4 Å². The standard InChI is InChI=1S/C33H34N2O5S/c36-14-15-41-22-30-18-31(25-11-9-23(21-37)10-12-25)40-33(39-30)28-7-2-6-27(17-28)26-5-1-4-24(16-26)19-35-32(38)29-8-3-13-34-20-29/h1-13,16-17,20,30-31,33,36-37H,14-15,18-19,21-22H2,(H,35,38). The van der Waals surface area contributed by atoms with Crippen LogP contribution in [0.5, 0.6) is 0 Å². The first kappa shape index (κ1) is 29.0. The van der Waals surface area contributed by atoms with Gasteiger partial charge >= 0.3 is 0 Å². The second-order valence-corrected chi connectivity index (χ2v) is 11.0. The lowest BCUT2D eigenvalue weighted by molar-refractivity contribution is -0.245. The van der Waals surface area contributed by atoms with Crippen LogP contribution in [-0.4, -0.2) is 45.3 Å². The summed E-state index contributed by atoms with van der Waals surface area (Å²) >= 11 is 1.67. The number of amides is 1. The monoisotopic (exact) mass is 570 g/mol. The highest BCUT2D eigenvalue weighted by Crippen LogP contribution is 2.39. The molecule has 3 N–H and O–H groups in total. The van der Waals surface area contributed by atoms with E-state index in [0.29, 0.717) is 24.3 Å². The van der Waals surface area contributed by atoms with E-state index in [-0.39, 0.29) is 31.3 Å². The average molecular weight is 571 g/mol. The Morgan fingerprint density at radius 3 is 2.46 bits per heavy atom. The van der Waals surface area contributed by atoms with Crippen molar-refractivity contribution in [1.29, 1.82) is 0 Å². The predicted molar refractivity (Wildman–Crippen MR) is 160 cm³/mol. The molecule has 212 valence electrons. The fourth-order valence-electron chi connectivity index (χ4n) is 4.81. The minimum absolute atomic E-state index is 0.00281. The highest BCUT2D eigenvalue weighted by Gasteiger charge is 2.32. The Kier molecular flexibility index (Phi) is 10.2. The maximum Gasteiger partial charge on any atom is 0.253 e. The molecule has 3 unspecified atom stereocenters. The summed E-state index contributed by atoms with van der Waals surface area (Å²) in [4.78, 5) is 16.5. The van der Waals surface area contributed by atoms with Gasteiger partial charge in [-0.3, -0.25) is 9.78 Å². The van der Waals surface area contributed by atoms with Gasteiger partial charge in [0.1, 0.15) is 0 Å². The van der Waals surface area contributed by atoms with Crippen molar-refractivity contribution in [2.75, 3.05) is 18.1 Å². The molecule has 5 rings (SSSR count). The van der Waals surface area contributed by atoms with Crippen LogP contribution in [0, 0.1) is 0 Å². The molecule has 8 heteroatoms. The lowest BCUT2D eigenvalue weighted by atomic mass is 9.99. The SMILES string of the molecule is O=C(NCc1cccc(-c2cccc(C3OC(CSCCO)CC(c4ccc(CO)cc4)O3)c2)c1)c1cccnc1. The number of aliphatic hydroxyl groups excluding tert-OH is 2. The molecule has 1 aromatic heterocycles. The van der Waals surface area contributed by atoms with E-state index in [1.165, 1.54) is 0 Å². The van der Waals surface area contributed by atoms with E-state index in [1.54, 1.807) is 36.3 Å². The molecule has 0 spiro atoms. The number of nitrogens with zero attached hydrogens (tertiary/aromatic N) is 1. The van der Waals surface area contributed by atoms with Crippen LogP contribution < -0.4 is 5.32 Å². The zero-order chi connectivity index (χ0) is 28.4. The zero-order valence-corrected chi connectivity index (χ0v) is 23.5. The maximum absolute atomic E-state index is 12.5. The molecular weight excluding hydrogens is 536 g/mol. The molecule has 1 fully saturated rings. The third-order valence-electron chi connectivity index (χ3n) is 6.95. The van der Waals surface area contributed by atoms with Gasteiger partial charge < -0.3 is 25.0 Å². The van der Waals surface area contributed by atoms with Crippen LogP contribution in [0.25, 0.3) is 11.1 Å². The van der Waals surface area contributed by atoms with Gasteiger partial charge in [-0.1, -0.05) is 60.7 Å². The lowest BCUT2D eigenvalue weighted by Gasteiger charge is -2.36. The molecule has 4 aromatic rings. The Balaban J connectivity index is 1.32. The zero-order valence-electron chi connectivity index (χ0n) is 22.7. The molecule has 3 atom stereocenters. The van der Waals surface area contributed by atoms with E-state index in [0.717, 1.165) is 39.1 Å². The molecule has 0 aliphatic carbocycles. The number of rotatable bonds is 11.